The fraction of sp³-hybridized carbons (Fsp3) is 0.0476. The van der Waals surface area contributed by atoms with Gasteiger partial charge in [0.2, 0.25) is 0 Å². The minimum atomic E-state index is -4.87. The maximum absolute atomic E-state index is 12.0. The van der Waals surface area contributed by atoms with Crippen LogP contribution in [0.4, 0.5) is 0 Å². The van der Waals surface area contributed by atoms with E-state index in [1.165, 1.54) is 18.2 Å². The van der Waals surface area contributed by atoms with Gasteiger partial charge in [-0.1, -0.05) is 68.8 Å². The highest BCUT2D eigenvalue weighted by Gasteiger charge is 2.25. The Bertz CT molecular complexity index is 1150. The SMILES string of the molecule is C=C/C=C\C(=C/C=C)CN/C(=C/C=C)c1c(C=C)cc(S(=O)(=O)O)cc1S(=O)(=O)O. The second-order valence-corrected chi connectivity index (χ2v) is 8.59. The first-order valence-electron chi connectivity index (χ1n) is 8.42. The van der Waals surface area contributed by atoms with E-state index in [1.807, 2.05) is 0 Å². The Balaban J connectivity index is 3.72. The number of allylic oxidation sites excluding steroid dienone is 6. The van der Waals surface area contributed by atoms with E-state index in [-0.39, 0.29) is 23.4 Å². The minimum absolute atomic E-state index is 0.0366. The van der Waals surface area contributed by atoms with Crippen molar-refractivity contribution in [3.05, 3.63) is 97.7 Å². The van der Waals surface area contributed by atoms with Crippen molar-refractivity contribution in [1.29, 1.82) is 0 Å². The van der Waals surface area contributed by atoms with Crippen LogP contribution in [0.15, 0.2) is 96.3 Å². The lowest BCUT2D eigenvalue weighted by atomic mass is 10.0. The summed E-state index contributed by atoms with van der Waals surface area (Å²) in [6, 6.07) is 1.72. The predicted octanol–water partition coefficient (Wildman–Crippen LogP) is 3.79. The number of rotatable bonds is 11. The average Bonchev–Trinajstić information content (AvgIpc) is 2.66. The van der Waals surface area contributed by atoms with E-state index >= 15 is 0 Å². The summed E-state index contributed by atoms with van der Waals surface area (Å²) in [6.45, 7) is 14.6. The van der Waals surface area contributed by atoms with Gasteiger partial charge in [-0.15, -0.1) is 0 Å². The summed E-state index contributed by atoms with van der Waals surface area (Å²) in [5.74, 6) is 0. The van der Waals surface area contributed by atoms with Crippen molar-refractivity contribution in [2.24, 2.45) is 0 Å². The fourth-order valence-electron chi connectivity index (χ4n) is 2.47. The van der Waals surface area contributed by atoms with Gasteiger partial charge in [-0.2, -0.15) is 16.8 Å². The van der Waals surface area contributed by atoms with Crippen LogP contribution in [-0.2, 0) is 20.2 Å². The smallest absolute Gasteiger partial charge is 0.295 e. The van der Waals surface area contributed by atoms with Gasteiger partial charge < -0.3 is 5.32 Å². The maximum Gasteiger partial charge on any atom is 0.295 e. The molecule has 0 saturated heterocycles. The normalized spacial score (nSPS) is 13.1. The molecule has 0 bridgehead atoms. The summed E-state index contributed by atoms with van der Waals surface area (Å²) in [5.41, 5.74) is 0.999. The fourth-order valence-corrected chi connectivity index (χ4v) is 3.85. The van der Waals surface area contributed by atoms with Gasteiger partial charge >= 0.3 is 0 Å². The van der Waals surface area contributed by atoms with Crippen molar-refractivity contribution in [3.63, 3.8) is 0 Å². The van der Waals surface area contributed by atoms with Gasteiger partial charge in [0.25, 0.3) is 20.2 Å². The molecule has 0 unspecified atom stereocenters. The monoisotopic (exact) mass is 449 g/mol. The van der Waals surface area contributed by atoms with Crippen LogP contribution in [0.3, 0.4) is 0 Å². The molecule has 0 aliphatic carbocycles. The third-order valence-corrected chi connectivity index (χ3v) is 5.43. The third-order valence-electron chi connectivity index (χ3n) is 3.72. The molecule has 0 fully saturated rings. The van der Waals surface area contributed by atoms with Gasteiger partial charge in [-0.3, -0.25) is 9.11 Å². The second kappa shape index (κ2) is 10.7. The van der Waals surface area contributed by atoms with E-state index in [0.29, 0.717) is 6.07 Å². The van der Waals surface area contributed by atoms with Gasteiger partial charge in [0.1, 0.15) is 4.90 Å². The summed E-state index contributed by atoms with van der Waals surface area (Å²) in [7, 11) is -9.61. The van der Waals surface area contributed by atoms with Gasteiger partial charge in [0.05, 0.1) is 4.90 Å². The first kappa shape index (κ1) is 25.1. The van der Waals surface area contributed by atoms with E-state index in [9.17, 15) is 25.9 Å². The van der Waals surface area contributed by atoms with E-state index in [1.54, 1.807) is 30.4 Å². The highest BCUT2D eigenvalue weighted by molar-refractivity contribution is 7.86. The van der Waals surface area contributed by atoms with Crippen LogP contribution < -0.4 is 5.32 Å². The van der Waals surface area contributed by atoms with Crippen molar-refractivity contribution in [3.8, 4) is 0 Å². The molecule has 3 N–H and O–H groups in total. The van der Waals surface area contributed by atoms with Gasteiger partial charge in [-0.05, 0) is 29.3 Å². The van der Waals surface area contributed by atoms with Crippen molar-refractivity contribution in [1.82, 2.24) is 5.32 Å². The zero-order valence-electron chi connectivity index (χ0n) is 16.2. The van der Waals surface area contributed by atoms with E-state index < -0.39 is 30.0 Å². The van der Waals surface area contributed by atoms with E-state index in [4.69, 9.17) is 0 Å². The molecule has 1 aromatic rings. The molecule has 0 aliphatic rings. The van der Waals surface area contributed by atoms with E-state index in [0.717, 1.165) is 11.6 Å². The predicted molar refractivity (Wildman–Crippen MR) is 120 cm³/mol. The topological polar surface area (TPSA) is 121 Å². The Labute approximate surface area is 177 Å². The van der Waals surface area contributed by atoms with Gasteiger partial charge in [0, 0.05) is 17.8 Å². The van der Waals surface area contributed by atoms with Crippen LogP contribution in [0.5, 0.6) is 0 Å². The molecular weight excluding hydrogens is 426 g/mol. The molecular formula is C21H23NO6S2. The van der Waals surface area contributed by atoms with Crippen molar-refractivity contribution < 1.29 is 25.9 Å². The Morgan fingerprint density at radius 2 is 1.57 bits per heavy atom. The summed E-state index contributed by atoms with van der Waals surface area (Å²) >= 11 is 0. The summed E-state index contributed by atoms with van der Waals surface area (Å²) in [6.07, 6.45) is 12.4. The van der Waals surface area contributed by atoms with Gasteiger partial charge in [-0.25, -0.2) is 0 Å². The molecule has 0 heterocycles. The molecule has 7 nitrogen and oxygen atoms in total. The molecule has 0 saturated carbocycles. The second-order valence-electron chi connectivity index (χ2n) is 5.78. The number of hydrogen-bond acceptors (Lipinski definition) is 5. The number of nitrogens with one attached hydrogen (secondary N) is 1. The van der Waals surface area contributed by atoms with Crippen LogP contribution in [0.2, 0.25) is 0 Å². The lowest BCUT2D eigenvalue weighted by molar-refractivity contribution is 0.480. The average molecular weight is 450 g/mol. The van der Waals surface area contributed by atoms with Crippen LogP contribution in [0, 0.1) is 0 Å². The van der Waals surface area contributed by atoms with Gasteiger partial charge in [0.15, 0.2) is 0 Å². The quantitative estimate of drug-likeness (QED) is 0.347. The molecule has 30 heavy (non-hydrogen) atoms. The zero-order valence-corrected chi connectivity index (χ0v) is 17.8. The molecule has 0 spiro atoms. The molecule has 160 valence electrons. The lowest BCUT2D eigenvalue weighted by Gasteiger charge is -2.18. The van der Waals surface area contributed by atoms with Crippen LogP contribution in [0.25, 0.3) is 11.8 Å². The highest BCUT2D eigenvalue weighted by atomic mass is 32.2. The van der Waals surface area contributed by atoms with Crippen molar-refractivity contribution in [2.75, 3.05) is 6.54 Å². The standard InChI is InChI=1S/C21H23NO6S2/c1-5-9-12-16(10-6-2)15-22-19(11-7-3)21-17(8-4)13-18(29(23,24)25)14-20(21)30(26,27)28/h5-14,22H,1-4,15H2,(H,23,24,25)(H,26,27,28)/b12-9-,16-10+,19-11+. The first-order valence-corrected chi connectivity index (χ1v) is 11.3. The maximum atomic E-state index is 12.0. The number of benzene rings is 1. The minimum Gasteiger partial charge on any atom is -0.380 e. The van der Waals surface area contributed by atoms with Crippen molar-refractivity contribution >= 4 is 32.0 Å². The molecule has 1 aromatic carbocycles. The Kier molecular flexibility index (Phi) is 8.94. The third kappa shape index (κ3) is 6.82. The molecule has 0 radical (unpaired) electrons. The zero-order chi connectivity index (χ0) is 22.9. The molecule has 9 heteroatoms. The Hall–Kier alpha value is -2.98. The Morgan fingerprint density at radius 3 is 2.03 bits per heavy atom. The molecule has 1 rings (SSSR count). The van der Waals surface area contributed by atoms with Crippen LogP contribution in [-0.4, -0.2) is 32.5 Å². The van der Waals surface area contributed by atoms with Crippen molar-refractivity contribution in [2.45, 2.75) is 9.79 Å². The van der Waals surface area contributed by atoms with Crippen LogP contribution in [0.1, 0.15) is 11.1 Å². The lowest BCUT2D eigenvalue weighted by Crippen LogP contribution is -2.19. The summed E-state index contributed by atoms with van der Waals surface area (Å²) in [4.78, 5) is -1.42. The Morgan fingerprint density at radius 1 is 0.933 bits per heavy atom. The first-order chi connectivity index (χ1) is 14.0. The summed E-state index contributed by atoms with van der Waals surface area (Å²) < 4.78 is 66.1. The molecule has 0 amide bonds. The molecule has 0 aliphatic heterocycles. The number of hydrogen-bond donors (Lipinski definition) is 3. The summed E-state index contributed by atoms with van der Waals surface area (Å²) in [5, 5.41) is 3.03. The van der Waals surface area contributed by atoms with E-state index in [2.05, 4.69) is 31.6 Å². The van der Waals surface area contributed by atoms with Crippen LogP contribution >= 0.6 is 0 Å². The highest BCUT2D eigenvalue weighted by Crippen LogP contribution is 2.30. The largest absolute Gasteiger partial charge is 0.380 e. The molecule has 0 atom stereocenters. The molecule has 0 aromatic heterocycles.